The Bertz CT molecular complexity index is 624. The Morgan fingerprint density at radius 1 is 1.19 bits per heavy atom. The molecule has 1 heterocycles. The maximum Gasteiger partial charge on any atom is 0.315 e. The van der Waals surface area contributed by atoms with Gasteiger partial charge in [-0.1, -0.05) is 30.3 Å². The minimum atomic E-state index is -2.97. The van der Waals surface area contributed by atoms with Crippen LogP contribution in [-0.2, 0) is 15.4 Å². The van der Waals surface area contributed by atoms with E-state index in [2.05, 4.69) is 10.6 Å². The molecule has 5 nitrogen and oxygen atoms in total. The molecule has 2 fully saturated rings. The van der Waals surface area contributed by atoms with Crippen molar-refractivity contribution in [3.63, 3.8) is 0 Å². The van der Waals surface area contributed by atoms with Crippen LogP contribution in [0.3, 0.4) is 0 Å². The zero-order valence-corrected chi connectivity index (χ0v) is 12.7. The predicted octanol–water partition coefficient (Wildman–Crippen LogP) is 1.55. The lowest BCUT2D eigenvalue weighted by molar-refractivity contribution is 0.175. The SMILES string of the molecule is O=C(NC1CCS(=O)(=O)C1)NC1(c2ccccc2)CCC1. The summed E-state index contributed by atoms with van der Waals surface area (Å²) in [6.07, 6.45) is 3.45. The second-order valence-electron chi connectivity index (χ2n) is 6.00. The van der Waals surface area contributed by atoms with Crippen LogP contribution in [0.25, 0.3) is 0 Å². The van der Waals surface area contributed by atoms with Crippen LogP contribution < -0.4 is 10.6 Å². The molecule has 3 rings (SSSR count). The van der Waals surface area contributed by atoms with E-state index in [1.807, 2.05) is 30.3 Å². The monoisotopic (exact) mass is 308 g/mol. The molecule has 6 heteroatoms. The molecule has 1 saturated carbocycles. The molecule has 0 bridgehead atoms. The molecule has 1 aromatic carbocycles. The number of urea groups is 1. The first kappa shape index (κ1) is 14.4. The van der Waals surface area contributed by atoms with E-state index < -0.39 is 9.84 Å². The highest BCUT2D eigenvalue weighted by Crippen LogP contribution is 2.41. The lowest BCUT2D eigenvalue weighted by Crippen LogP contribution is -2.55. The average molecular weight is 308 g/mol. The normalized spacial score (nSPS) is 25.8. The molecule has 1 atom stereocenters. The van der Waals surface area contributed by atoms with Gasteiger partial charge in [0.05, 0.1) is 17.0 Å². The molecule has 1 unspecified atom stereocenters. The topological polar surface area (TPSA) is 75.3 Å². The van der Waals surface area contributed by atoms with Crippen LogP contribution in [0.4, 0.5) is 4.79 Å². The summed E-state index contributed by atoms with van der Waals surface area (Å²) >= 11 is 0. The Kier molecular flexibility index (Phi) is 3.65. The van der Waals surface area contributed by atoms with Crippen molar-refractivity contribution in [3.8, 4) is 0 Å². The largest absolute Gasteiger partial charge is 0.334 e. The molecule has 0 aromatic heterocycles. The molecule has 2 aliphatic rings. The molecule has 21 heavy (non-hydrogen) atoms. The molecule has 1 aliphatic carbocycles. The van der Waals surface area contributed by atoms with Gasteiger partial charge in [0.2, 0.25) is 0 Å². The highest BCUT2D eigenvalue weighted by molar-refractivity contribution is 7.91. The van der Waals surface area contributed by atoms with Gasteiger partial charge >= 0.3 is 6.03 Å². The van der Waals surface area contributed by atoms with E-state index in [0.29, 0.717) is 6.42 Å². The molecule has 2 N–H and O–H groups in total. The summed E-state index contributed by atoms with van der Waals surface area (Å²) in [5, 5.41) is 5.85. The maximum atomic E-state index is 12.2. The second kappa shape index (κ2) is 5.33. The molecular weight excluding hydrogens is 288 g/mol. The molecule has 1 aliphatic heterocycles. The second-order valence-corrected chi connectivity index (χ2v) is 8.23. The van der Waals surface area contributed by atoms with Crippen LogP contribution in [0.1, 0.15) is 31.2 Å². The first-order valence-electron chi connectivity index (χ1n) is 7.34. The van der Waals surface area contributed by atoms with Gasteiger partial charge < -0.3 is 10.6 Å². The fourth-order valence-electron chi connectivity index (χ4n) is 3.12. The third-order valence-electron chi connectivity index (χ3n) is 4.45. The first-order valence-corrected chi connectivity index (χ1v) is 9.16. The Hall–Kier alpha value is -1.56. The highest BCUT2D eigenvalue weighted by Gasteiger charge is 2.40. The zero-order chi connectivity index (χ0) is 14.9. The fourth-order valence-corrected chi connectivity index (χ4v) is 4.79. The van der Waals surface area contributed by atoms with Crippen LogP contribution >= 0.6 is 0 Å². The van der Waals surface area contributed by atoms with Crippen LogP contribution in [0.2, 0.25) is 0 Å². The summed E-state index contributed by atoms with van der Waals surface area (Å²) in [5.41, 5.74) is 0.827. The molecule has 0 spiro atoms. The van der Waals surface area contributed by atoms with Crippen molar-refractivity contribution in [2.75, 3.05) is 11.5 Å². The number of nitrogens with one attached hydrogen (secondary N) is 2. The Balaban J connectivity index is 1.64. The number of benzene rings is 1. The number of carbonyl (C=O) groups excluding carboxylic acids is 1. The van der Waals surface area contributed by atoms with Crippen molar-refractivity contribution < 1.29 is 13.2 Å². The van der Waals surface area contributed by atoms with Crippen molar-refractivity contribution >= 4 is 15.9 Å². The highest BCUT2D eigenvalue weighted by atomic mass is 32.2. The van der Waals surface area contributed by atoms with Gasteiger partial charge in [0, 0.05) is 6.04 Å². The van der Waals surface area contributed by atoms with Gasteiger partial charge in [-0.05, 0) is 31.2 Å². The minimum absolute atomic E-state index is 0.0543. The molecule has 1 saturated heterocycles. The van der Waals surface area contributed by atoms with Crippen molar-refractivity contribution in [2.45, 2.75) is 37.3 Å². The number of hydrogen-bond donors (Lipinski definition) is 2. The van der Waals surface area contributed by atoms with Gasteiger partial charge in [0.15, 0.2) is 9.84 Å². The summed E-state index contributed by atoms with van der Waals surface area (Å²) in [4.78, 5) is 12.2. The van der Waals surface area contributed by atoms with Gasteiger partial charge in [-0.3, -0.25) is 0 Å². The number of hydrogen-bond acceptors (Lipinski definition) is 3. The van der Waals surface area contributed by atoms with E-state index in [9.17, 15) is 13.2 Å². The zero-order valence-electron chi connectivity index (χ0n) is 11.8. The van der Waals surface area contributed by atoms with Crippen molar-refractivity contribution in [2.24, 2.45) is 0 Å². The maximum absolute atomic E-state index is 12.2. The smallest absolute Gasteiger partial charge is 0.315 e. The van der Waals surface area contributed by atoms with Crippen LogP contribution in [0, 0.1) is 0 Å². The van der Waals surface area contributed by atoms with Crippen LogP contribution in [0.15, 0.2) is 30.3 Å². The lowest BCUT2D eigenvalue weighted by Gasteiger charge is -2.43. The summed E-state index contributed by atoms with van der Waals surface area (Å²) < 4.78 is 22.8. The van der Waals surface area contributed by atoms with E-state index in [4.69, 9.17) is 0 Å². The number of sulfone groups is 1. The molecule has 1 aromatic rings. The molecular formula is C15H20N2O3S. The fraction of sp³-hybridized carbons (Fsp3) is 0.533. The summed E-state index contributed by atoms with van der Waals surface area (Å²) in [7, 11) is -2.97. The summed E-state index contributed by atoms with van der Waals surface area (Å²) in [6.45, 7) is 0. The molecule has 2 amide bonds. The summed E-state index contributed by atoms with van der Waals surface area (Å²) in [5.74, 6) is 0.223. The van der Waals surface area contributed by atoms with Gasteiger partial charge in [0.25, 0.3) is 0 Å². The third kappa shape index (κ3) is 3.05. The third-order valence-corrected chi connectivity index (χ3v) is 6.22. The van der Waals surface area contributed by atoms with Crippen molar-refractivity contribution in [1.82, 2.24) is 10.6 Å². The Labute approximate surface area is 125 Å². The molecule has 0 radical (unpaired) electrons. The summed E-state index contributed by atoms with van der Waals surface area (Å²) in [6, 6.07) is 9.43. The Morgan fingerprint density at radius 3 is 2.43 bits per heavy atom. The van der Waals surface area contributed by atoms with Crippen molar-refractivity contribution in [3.05, 3.63) is 35.9 Å². The quantitative estimate of drug-likeness (QED) is 0.889. The van der Waals surface area contributed by atoms with Crippen molar-refractivity contribution in [1.29, 1.82) is 0 Å². The van der Waals surface area contributed by atoms with Gasteiger partial charge in [-0.15, -0.1) is 0 Å². The van der Waals surface area contributed by atoms with E-state index in [0.717, 1.165) is 24.8 Å². The molecule has 114 valence electrons. The van der Waals surface area contributed by atoms with Crippen LogP contribution in [-0.4, -0.2) is 32.0 Å². The lowest BCUT2D eigenvalue weighted by atomic mass is 9.72. The van der Waals surface area contributed by atoms with E-state index in [1.165, 1.54) is 0 Å². The Morgan fingerprint density at radius 2 is 1.90 bits per heavy atom. The number of rotatable bonds is 3. The van der Waals surface area contributed by atoms with Gasteiger partial charge in [0.1, 0.15) is 0 Å². The van der Waals surface area contributed by atoms with E-state index >= 15 is 0 Å². The number of amides is 2. The van der Waals surface area contributed by atoms with Gasteiger partial charge in [-0.2, -0.15) is 0 Å². The predicted molar refractivity (Wildman–Crippen MR) is 80.7 cm³/mol. The number of carbonyl (C=O) groups is 1. The van der Waals surface area contributed by atoms with Gasteiger partial charge in [-0.25, -0.2) is 13.2 Å². The first-order chi connectivity index (χ1) is 9.99. The van der Waals surface area contributed by atoms with Crippen LogP contribution in [0.5, 0.6) is 0 Å². The minimum Gasteiger partial charge on any atom is -0.334 e. The standard InChI is InChI=1S/C15H20N2O3S/c18-14(16-13-7-10-21(19,20)11-13)17-15(8-4-9-15)12-5-2-1-3-6-12/h1-3,5-6,13H,4,7-11H2,(H2,16,17,18). The van der Waals surface area contributed by atoms with E-state index in [1.54, 1.807) is 0 Å². The van der Waals surface area contributed by atoms with E-state index in [-0.39, 0.29) is 29.1 Å². The average Bonchev–Trinajstić information content (AvgIpc) is 2.74.